The summed E-state index contributed by atoms with van der Waals surface area (Å²) in [7, 11) is 0. The maximum atomic E-state index is 9.16. The molecular formula is C17H38N2O3. The molecule has 2 atom stereocenters. The fraction of sp³-hybridized carbons (Fsp3) is 1.00. The maximum absolute atomic E-state index is 9.16. The first-order chi connectivity index (χ1) is 10.4. The van der Waals surface area contributed by atoms with Crippen LogP contribution in [0.25, 0.3) is 0 Å². The molecule has 0 aliphatic heterocycles. The number of hydrogen-bond acceptors (Lipinski definition) is 5. The molecule has 0 aromatic carbocycles. The molecule has 22 heavy (non-hydrogen) atoms. The highest BCUT2D eigenvalue weighted by Crippen LogP contribution is 2.23. The van der Waals surface area contributed by atoms with E-state index in [0.717, 1.165) is 19.3 Å². The Morgan fingerprint density at radius 2 is 1.36 bits per heavy atom. The fourth-order valence-corrected chi connectivity index (χ4v) is 2.96. The second-order valence-electron chi connectivity index (χ2n) is 6.69. The van der Waals surface area contributed by atoms with Gasteiger partial charge < -0.3 is 26.8 Å². The first-order valence-corrected chi connectivity index (χ1v) is 9.01. The van der Waals surface area contributed by atoms with Crippen molar-refractivity contribution >= 4 is 0 Å². The van der Waals surface area contributed by atoms with Crippen LogP contribution in [-0.4, -0.2) is 33.9 Å². The molecule has 0 aromatic heterocycles. The minimum atomic E-state index is -2.60. The van der Waals surface area contributed by atoms with E-state index in [1.165, 1.54) is 44.9 Å². The molecule has 0 spiro atoms. The minimum Gasteiger partial charge on any atom is -0.344 e. The number of unbranched alkanes of at least 4 members (excludes halogenated alkanes) is 8. The average molecular weight is 319 g/mol. The van der Waals surface area contributed by atoms with Crippen molar-refractivity contribution in [3.05, 3.63) is 0 Å². The Morgan fingerprint density at radius 3 is 1.82 bits per heavy atom. The Bertz CT molecular complexity index is 245. The normalized spacial score (nSPS) is 15.0. The van der Waals surface area contributed by atoms with Gasteiger partial charge in [-0.15, -0.1) is 0 Å². The Balaban J connectivity index is 3.74. The van der Waals surface area contributed by atoms with E-state index in [1.54, 1.807) is 0 Å². The van der Waals surface area contributed by atoms with Gasteiger partial charge in [0.2, 0.25) is 0 Å². The van der Waals surface area contributed by atoms with Crippen LogP contribution in [0.1, 0.15) is 84.0 Å². The van der Waals surface area contributed by atoms with Gasteiger partial charge in [0.25, 0.3) is 5.97 Å². The molecule has 0 bridgehead atoms. The van der Waals surface area contributed by atoms with Gasteiger partial charge in [0.05, 0.1) is 0 Å². The predicted molar refractivity (Wildman–Crippen MR) is 91.0 cm³/mol. The predicted octanol–water partition coefficient (Wildman–Crippen LogP) is 2.22. The van der Waals surface area contributed by atoms with Gasteiger partial charge in [0.15, 0.2) is 0 Å². The van der Waals surface area contributed by atoms with Crippen molar-refractivity contribution in [1.29, 1.82) is 0 Å². The summed E-state index contributed by atoms with van der Waals surface area (Å²) in [6, 6.07) is -0.147. The van der Waals surface area contributed by atoms with Crippen LogP contribution in [0.5, 0.6) is 0 Å². The van der Waals surface area contributed by atoms with Crippen LogP contribution in [0.3, 0.4) is 0 Å². The molecule has 0 amide bonds. The molecule has 0 rings (SSSR count). The summed E-state index contributed by atoms with van der Waals surface area (Å²) < 4.78 is 0. The standard InChI is InChI=1S/C17H38N2O3/c1-2-3-4-5-6-7-8-9-10-11-15(12-16(19)14-18)13-17(20,21)22/h15-16,20-22H,2-14,18-19H2,1H3. The molecule has 0 saturated carbocycles. The molecule has 0 heterocycles. The molecule has 134 valence electrons. The molecule has 0 aliphatic rings. The summed E-state index contributed by atoms with van der Waals surface area (Å²) in [4.78, 5) is 0. The monoisotopic (exact) mass is 318 g/mol. The quantitative estimate of drug-likeness (QED) is 0.235. The molecule has 0 aromatic rings. The zero-order valence-electron chi connectivity index (χ0n) is 14.3. The highest BCUT2D eigenvalue weighted by atomic mass is 16.7. The summed E-state index contributed by atoms with van der Waals surface area (Å²) in [6.45, 7) is 2.61. The topological polar surface area (TPSA) is 113 Å². The first kappa shape index (κ1) is 21.8. The third-order valence-corrected chi connectivity index (χ3v) is 4.22. The summed E-state index contributed by atoms with van der Waals surface area (Å²) >= 11 is 0. The maximum Gasteiger partial charge on any atom is 0.275 e. The highest BCUT2D eigenvalue weighted by molar-refractivity contribution is 4.71. The largest absolute Gasteiger partial charge is 0.344 e. The van der Waals surface area contributed by atoms with E-state index < -0.39 is 5.97 Å². The summed E-state index contributed by atoms with van der Waals surface area (Å²) in [6.07, 6.45) is 12.7. The van der Waals surface area contributed by atoms with Crippen molar-refractivity contribution in [2.24, 2.45) is 17.4 Å². The molecular weight excluding hydrogens is 280 g/mol. The Hall–Kier alpha value is -0.200. The number of nitrogens with two attached hydrogens (primary N) is 2. The van der Waals surface area contributed by atoms with Crippen molar-refractivity contribution in [2.45, 2.75) is 96.0 Å². The number of aliphatic hydroxyl groups is 3. The lowest BCUT2D eigenvalue weighted by Crippen LogP contribution is -2.36. The highest BCUT2D eigenvalue weighted by Gasteiger charge is 2.25. The molecule has 0 saturated heterocycles. The van der Waals surface area contributed by atoms with Crippen molar-refractivity contribution < 1.29 is 15.3 Å². The van der Waals surface area contributed by atoms with Crippen molar-refractivity contribution in [3.63, 3.8) is 0 Å². The first-order valence-electron chi connectivity index (χ1n) is 9.01. The lowest BCUT2D eigenvalue weighted by molar-refractivity contribution is -0.320. The van der Waals surface area contributed by atoms with E-state index >= 15 is 0 Å². The molecule has 0 fully saturated rings. The van der Waals surface area contributed by atoms with Crippen LogP contribution in [0.2, 0.25) is 0 Å². The van der Waals surface area contributed by atoms with Gasteiger partial charge in [0, 0.05) is 19.0 Å². The fourth-order valence-electron chi connectivity index (χ4n) is 2.96. The third kappa shape index (κ3) is 14.7. The van der Waals surface area contributed by atoms with Gasteiger partial charge in [-0.3, -0.25) is 0 Å². The number of rotatable bonds is 15. The van der Waals surface area contributed by atoms with Gasteiger partial charge in [-0.1, -0.05) is 71.1 Å². The summed E-state index contributed by atoms with van der Waals surface area (Å²) in [5, 5.41) is 27.5. The molecule has 7 N–H and O–H groups in total. The van der Waals surface area contributed by atoms with Gasteiger partial charge in [-0.2, -0.15) is 0 Å². The minimum absolute atomic E-state index is 0.00287. The zero-order chi connectivity index (χ0) is 16.8. The molecule has 0 radical (unpaired) electrons. The van der Waals surface area contributed by atoms with Gasteiger partial charge in [0.1, 0.15) is 0 Å². The molecule has 2 unspecified atom stereocenters. The summed E-state index contributed by atoms with van der Waals surface area (Å²) in [5.74, 6) is -2.60. The third-order valence-electron chi connectivity index (χ3n) is 4.22. The summed E-state index contributed by atoms with van der Waals surface area (Å²) in [5.41, 5.74) is 11.3. The van der Waals surface area contributed by atoms with Crippen LogP contribution in [-0.2, 0) is 0 Å². The molecule has 5 heteroatoms. The average Bonchev–Trinajstić information content (AvgIpc) is 2.43. The lowest BCUT2D eigenvalue weighted by atomic mass is 9.90. The molecule has 5 nitrogen and oxygen atoms in total. The van der Waals surface area contributed by atoms with Gasteiger partial charge in [-0.25, -0.2) is 0 Å². The number of hydrogen-bond donors (Lipinski definition) is 5. The SMILES string of the molecule is CCCCCCCCCCCC(CC(N)CN)CC(O)(O)O. The van der Waals surface area contributed by atoms with Crippen LogP contribution in [0, 0.1) is 5.92 Å². The second-order valence-corrected chi connectivity index (χ2v) is 6.69. The van der Waals surface area contributed by atoms with E-state index in [1.807, 2.05) is 0 Å². The Labute approximate surface area is 136 Å². The van der Waals surface area contributed by atoms with Crippen LogP contribution >= 0.6 is 0 Å². The van der Waals surface area contributed by atoms with Crippen LogP contribution < -0.4 is 11.5 Å². The van der Waals surface area contributed by atoms with Gasteiger partial charge in [-0.05, 0) is 12.3 Å². The Morgan fingerprint density at radius 1 is 0.864 bits per heavy atom. The van der Waals surface area contributed by atoms with E-state index in [0.29, 0.717) is 13.0 Å². The van der Waals surface area contributed by atoms with E-state index in [-0.39, 0.29) is 18.4 Å². The van der Waals surface area contributed by atoms with Crippen molar-refractivity contribution in [1.82, 2.24) is 0 Å². The van der Waals surface area contributed by atoms with Crippen LogP contribution in [0.15, 0.2) is 0 Å². The van der Waals surface area contributed by atoms with Crippen LogP contribution in [0.4, 0.5) is 0 Å². The smallest absolute Gasteiger partial charge is 0.275 e. The zero-order valence-corrected chi connectivity index (χ0v) is 14.3. The van der Waals surface area contributed by atoms with Crippen molar-refractivity contribution in [2.75, 3.05) is 6.54 Å². The van der Waals surface area contributed by atoms with Crippen molar-refractivity contribution in [3.8, 4) is 0 Å². The molecule has 0 aliphatic carbocycles. The Kier molecular flexibility index (Phi) is 13.1. The van der Waals surface area contributed by atoms with Gasteiger partial charge >= 0.3 is 0 Å². The van der Waals surface area contributed by atoms with E-state index in [4.69, 9.17) is 26.8 Å². The van der Waals surface area contributed by atoms with E-state index in [9.17, 15) is 0 Å². The second kappa shape index (κ2) is 13.3. The van der Waals surface area contributed by atoms with E-state index in [2.05, 4.69) is 6.92 Å². The lowest BCUT2D eigenvalue weighted by Gasteiger charge is -2.24.